The monoisotopic (exact) mass is 290 g/mol. The van der Waals surface area contributed by atoms with Crippen molar-refractivity contribution in [3.05, 3.63) is 64.2 Å². The maximum absolute atomic E-state index is 4.93. The third-order valence-electron chi connectivity index (χ3n) is 1.11. The summed E-state index contributed by atoms with van der Waals surface area (Å²) in [7, 11) is 9.87. The van der Waals surface area contributed by atoms with Crippen molar-refractivity contribution in [3.63, 3.8) is 0 Å². The number of hydrogen-bond donors (Lipinski definition) is 0. The van der Waals surface area contributed by atoms with Crippen LogP contribution in [0.3, 0.4) is 0 Å². The van der Waals surface area contributed by atoms with Crippen LogP contribution in [0.25, 0.3) is 0 Å². The molecule has 0 nitrogen and oxygen atoms in total. The standard InChI is InChI=1S/2C5H5.2ClH.Zr/c2*1-2-4-5-3-1;;;/h2*1-5H;2*1H;/q;;;;+4/p-2. The van der Waals surface area contributed by atoms with Crippen molar-refractivity contribution < 1.29 is 20.8 Å². The van der Waals surface area contributed by atoms with E-state index >= 15 is 0 Å². The summed E-state index contributed by atoms with van der Waals surface area (Å²) in [4.78, 5) is 0. The molecular formula is C10H10Cl2Zr+2. The van der Waals surface area contributed by atoms with Gasteiger partial charge in [0.15, 0.2) is 0 Å². The molecule has 0 aromatic heterocycles. The number of hydrogen-bond acceptors (Lipinski definition) is 0. The van der Waals surface area contributed by atoms with Gasteiger partial charge in [0.25, 0.3) is 0 Å². The van der Waals surface area contributed by atoms with Crippen LogP contribution < -0.4 is 0 Å². The Balaban J connectivity index is 0.000000174. The van der Waals surface area contributed by atoms with Crippen LogP contribution in [-0.4, -0.2) is 0 Å². The number of halogens is 2. The summed E-state index contributed by atoms with van der Waals surface area (Å²) < 4.78 is 0. The summed E-state index contributed by atoms with van der Waals surface area (Å²) in [6.07, 6.45) is 20.0. The van der Waals surface area contributed by atoms with E-state index in [0.29, 0.717) is 0 Å². The molecule has 0 aliphatic heterocycles. The summed E-state index contributed by atoms with van der Waals surface area (Å²) in [6, 6.07) is 0. The molecule has 2 fully saturated rings. The molecule has 0 spiro atoms. The third-order valence-corrected chi connectivity index (χ3v) is 1.11. The second kappa shape index (κ2) is 13.5. The normalized spacial score (nSPS) is 19.2. The van der Waals surface area contributed by atoms with Gasteiger partial charge < -0.3 is 0 Å². The zero-order valence-corrected chi connectivity index (χ0v) is 11.0. The minimum absolute atomic E-state index is 0.826. The Kier molecular flexibility index (Phi) is 15.0. The Morgan fingerprint density at radius 3 is 0.615 bits per heavy atom. The van der Waals surface area contributed by atoms with E-state index in [1.807, 2.05) is 64.2 Å². The molecule has 2 saturated carbocycles. The quantitative estimate of drug-likeness (QED) is 0.642. The van der Waals surface area contributed by atoms with E-state index in [1.54, 1.807) is 0 Å². The molecule has 66 valence electrons. The third kappa shape index (κ3) is 13.5. The molecule has 0 aromatic rings. The average molecular weight is 292 g/mol. The van der Waals surface area contributed by atoms with Gasteiger partial charge in [-0.25, -0.2) is 0 Å². The van der Waals surface area contributed by atoms with Crippen LogP contribution in [0, 0.1) is 64.2 Å². The summed E-state index contributed by atoms with van der Waals surface area (Å²) >= 11 is -0.826. The van der Waals surface area contributed by atoms with Crippen molar-refractivity contribution in [2.45, 2.75) is 0 Å². The van der Waals surface area contributed by atoms with E-state index in [9.17, 15) is 0 Å². The summed E-state index contributed by atoms with van der Waals surface area (Å²) in [5.41, 5.74) is 0. The Morgan fingerprint density at radius 1 is 0.462 bits per heavy atom. The molecule has 0 amide bonds. The molecule has 10 radical (unpaired) electrons. The van der Waals surface area contributed by atoms with Crippen molar-refractivity contribution in [2.24, 2.45) is 0 Å². The van der Waals surface area contributed by atoms with E-state index in [-0.39, 0.29) is 0 Å². The molecule has 2 aliphatic carbocycles. The van der Waals surface area contributed by atoms with E-state index in [4.69, 9.17) is 17.0 Å². The molecule has 2 rings (SSSR count). The molecule has 0 unspecified atom stereocenters. The fourth-order valence-electron chi connectivity index (χ4n) is 0.642. The van der Waals surface area contributed by atoms with Crippen molar-refractivity contribution >= 4 is 17.0 Å². The Bertz CT molecular complexity index is 55.8. The summed E-state index contributed by atoms with van der Waals surface area (Å²) in [5, 5.41) is 0. The predicted octanol–water partition coefficient (Wildman–Crippen LogP) is 3.42. The molecular weight excluding hydrogens is 282 g/mol. The second-order valence-electron chi connectivity index (χ2n) is 2.00. The summed E-state index contributed by atoms with van der Waals surface area (Å²) in [5.74, 6) is 0. The van der Waals surface area contributed by atoms with Gasteiger partial charge in [-0.15, -0.1) is 0 Å². The van der Waals surface area contributed by atoms with Crippen molar-refractivity contribution in [1.82, 2.24) is 0 Å². The average Bonchev–Trinajstić information content (AvgIpc) is 2.85. The van der Waals surface area contributed by atoms with Gasteiger partial charge in [-0.1, -0.05) is 0 Å². The predicted molar refractivity (Wildman–Crippen MR) is 54.7 cm³/mol. The van der Waals surface area contributed by atoms with Crippen LogP contribution in [0.1, 0.15) is 0 Å². The van der Waals surface area contributed by atoms with Gasteiger partial charge in [0.1, 0.15) is 0 Å². The van der Waals surface area contributed by atoms with Crippen LogP contribution in [0.2, 0.25) is 0 Å². The first-order chi connectivity index (χ1) is 6.41. The van der Waals surface area contributed by atoms with Crippen LogP contribution in [-0.2, 0) is 20.8 Å². The van der Waals surface area contributed by atoms with Crippen LogP contribution in [0.15, 0.2) is 0 Å². The fourth-order valence-corrected chi connectivity index (χ4v) is 0.642. The van der Waals surface area contributed by atoms with Crippen LogP contribution in [0.4, 0.5) is 0 Å². The second-order valence-corrected chi connectivity index (χ2v) is 5.73. The first kappa shape index (κ1) is 14.5. The van der Waals surface area contributed by atoms with E-state index < -0.39 is 20.8 Å². The van der Waals surface area contributed by atoms with Gasteiger partial charge in [0, 0.05) is 0 Å². The maximum atomic E-state index is 4.93. The van der Waals surface area contributed by atoms with Crippen molar-refractivity contribution in [3.8, 4) is 0 Å². The van der Waals surface area contributed by atoms with Crippen molar-refractivity contribution in [2.75, 3.05) is 0 Å². The van der Waals surface area contributed by atoms with Gasteiger partial charge in [0.05, 0.1) is 0 Å². The van der Waals surface area contributed by atoms with E-state index in [1.165, 1.54) is 0 Å². The van der Waals surface area contributed by atoms with Crippen molar-refractivity contribution in [1.29, 1.82) is 0 Å². The Hall–Kier alpha value is 1.46. The SMILES string of the molecule is [CH]1[CH][CH][CH][CH]1.[CH]1[CH][CH][CH][CH]1.[Cl][Zr+2][Cl]. The Morgan fingerprint density at radius 2 is 0.538 bits per heavy atom. The van der Waals surface area contributed by atoms with Crippen LogP contribution in [0.5, 0.6) is 0 Å². The molecule has 0 atom stereocenters. The minimum atomic E-state index is -0.826. The molecule has 2 aliphatic rings. The molecule has 0 saturated heterocycles. The summed E-state index contributed by atoms with van der Waals surface area (Å²) in [6.45, 7) is 0. The molecule has 3 heteroatoms. The van der Waals surface area contributed by atoms with Gasteiger partial charge in [0.2, 0.25) is 0 Å². The van der Waals surface area contributed by atoms with E-state index in [0.717, 1.165) is 0 Å². The first-order valence-corrected chi connectivity index (χ1v) is 10.0. The number of rotatable bonds is 0. The first-order valence-electron chi connectivity index (χ1n) is 3.71. The van der Waals surface area contributed by atoms with E-state index in [2.05, 4.69) is 0 Å². The molecule has 0 aromatic carbocycles. The molecule has 0 bridgehead atoms. The van der Waals surface area contributed by atoms with Gasteiger partial charge in [-0.3, -0.25) is 0 Å². The van der Waals surface area contributed by atoms with Gasteiger partial charge in [-0.2, -0.15) is 0 Å². The topological polar surface area (TPSA) is 0 Å². The van der Waals surface area contributed by atoms with Gasteiger partial charge >= 0.3 is 37.9 Å². The van der Waals surface area contributed by atoms with Gasteiger partial charge in [-0.05, 0) is 64.2 Å². The molecule has 0 heterocycles. The molecule has 0 N–H and O–H groups in total. The molecule has 13 heavy (non-hydrogen) atoms. The Labute approximate surface area is 101 Å². The zero-order valence-electron chi connectivity index (χ0n) is 7.03. The zero-order chi connectivity index (χ0) is 9.78. The fraction of sp³-hybridized carbons (Fsp3) is 0. The van der Waals surface area contributed by atoms with Crippen LogP contribution >= 0.6 is 17.0 Å².